The van der Waals surface area contributed by atoms with Crippen molar-refractivity contribution in [1.82, 2.24) is 19.7 Å². The Morgan fingerprint density at radius 2 is 2.14 bits per heavy atom. The molecule has 0 aromatic carbocycles. The van der Waals surface area contributed by atoms with Crippen LogP contribution in [0.15, 0.2) is 30.7 Å². The molecule has 0 saturated heterocycles. The number of amides is 1. The van der Waals surface area contributed by atoms with Gasteiger partial charge < -0.3 is 16.4 Å². The van der Waals surface area contributed by atoms with Crippen LogP contribution < -0.4 is 16.4 Å². The first-order valence-electron chi connectivity index (χ1n) is 9.97. The van der Waals surface area contributed by atoms with Crippen LogP contribution >= 0.6 is 11.6 Å². The third kappa shape index (κ3) is 4.22. The molecule has 4 atom stereocenters. The van der Waals surface area contributed by atoms with Crippen LogP contribution in [0.25, 0.3) is 0 Å². The summed E-state index contributed by atoms with van der Waals surface area (Å²) < 4.78 is 1.90. The fourth-order valence-corrected chi connectivity index (χ4v) is 4.31. The lowest BCUT2D eigenvalue weighted by molar-refractivity contribution is -0.122. The monoisotopic (exact) mass is 415 g/mol. The molecule has 2 aliphatic rings. The summed E-state index contributed by atoms with van der Waals surface area (Å²) in [5.74, 6) is 1.41. The van der Waals surface area contributed by atoms with Crippen LogP contribution in [0.3, 0.4) is 0 Å². The van der Waals surface area contributed by atoms with Crippen LogP contribution in [0.4, 0.5) is 17.5 Å². The molecule has 1 amide bonds. The first-order chi connectivity index (χ1) is 13.9. The van der Waals surface area contributed by atoms with E-state index < -0.39 is 0 Å². The third-order valence-electron chi connectivity index (χ3n) is 5.66. The van der Waals surface area contributed by atoms with E-state index in [2.05, 4.69) is 51.7 Å². The Morgan fingerprint density at radius 3 is 2.90 bits per heavy atom. The van der Waals surface area contributed by atoms with Crippen molar-refractivity contribution in [2.24, 2.45) is 29.4 Å². The van der Waals surface area contributed by atoms with Crippen molar-refractivity contribution in [3.05, 3.63) is 35.8 Å². The van der Waals surface area contributed by atoms with Gasteiger partial charge in [-0.1, -0.05) is 37.6 Å². The molecular formula is C20H26ClN7O. The molecule has 2 heterocycles. The first kappa shape index (κ1) is 19.7. The number of primary amides is 1. The molecule has 0 spiro atoms. The summed E-state index contributed by atoms with van der Waals surface area (Å²) in [7, 11) is 0. The number of hydrogen-bond acceptors (Lipinski definition) is 6. The number of rotatable bonds is 8. The van der Waals surface area contributed by atoms with Gasteiger partial charge in [-0.2, -0.15) is 10.1 Å². The number of hydrogen-bond donors (Lipinski definition) is 3. The van der Waals surface area contributed by atoms with Gasteiger partial charge in [-0.15, -0.1) is 0 Å². The standard InChI is InChI=1S/C20H26ClN7O/c1-11(2)5-6-28-10-14(8-24-28)25-20-23-9-15(21)19(27-20)26-17-13-4-3-12(7-13)16(17)18(22)29/h3-4,8-13,16-17H,5-7H2,1-2H3,(H2,22,29)(H2,23,25,26,27)/t12-,13+,16+,17-/m1/s1. The molecule has 2 aromatic rings. The Bertz CT molecular complexity index is 925. The highest BCUT2D eigenvalue weighted by Gasteiger charge is 2.47. The van der Waals surface area contributed by atoms with Crippen LogP contribution in [0.5, 0.6) is 0 Å². The van der Waals surface area contributed by atoms with Gasteiger partial charge in [0.1, 0.15) is 5.02 Å². The summed E-state index contributed by atoms with van der Waals surface area (Å²) in [6.07, 6.45) is 11.4. The number of nitrogens with zero attached hydrogens (tertiary/aromatic N) is 4. The fraction of sp³-hybridized carbons (Fsp3) is 0.500. The van der Waals surface area contributed by atoms with Gasteiger partial charge >= 0.3 is 0 Å². The smallest absolute Gasteiger partial charge is 0.229 e. The Hall–Kier alpha value is -2.61. The van der Waals surface area contributed by atoms with Gasteiger partial charge in [-0.05, 0) is 30.6 Å². The van der Waals surface area contributed by atoms with Crippen molar-refractivity contribution in [1.29, 1.82) is 0 Å². The molecule has 9 heteroatoms. The number of fused-ring (bicyclic) bond motifs is 2. The molecule has 0 unspecified atom stereocenters. The number of aryl methyl sites for hydroxylation is 1. The van der Waals surface area contributed by atoms with Gasteiger partial charge in [-0.3, -0.25) is 9.48 Å². The molecule has 4 N–H and O–H groups in total. The maximum atomic E-state index is 11.9. The van der Waals surface area contributed by atoms with E-state index in [9.17, 15) is 4.79 Å². The lowest BCUT2D eigenvalue weighted by Gasteiger charge is -2.27. The Morgan fingerprint density at radius 1 is 1.34 bits per heavy atom. The Kier molecular flexibility index (Phi) is 5.45. The van der Waals surface area contributed by atoms with Crippen LogP contribution in [-0.4, -0.2) is 31.7 Å². The highest BCUT2D eigenvalue weighted by atomic mass is 35.5. The summed E-state index contributed by atoms with van der Waals surface area (Å²) in [5, 5.41) is 11.3. The van der Waals surface area contributed by atoms with Gasteiger partial charge in [0.2, 0.25) is 11.9 Å². The van der Waals surface area contributed by atoms with Gasteiger partial charge in [0.25, 0.3) is 0 Å². The third-order valence-corrected chi connectivity index (χ3v) is 5.94. The van der Waals surface area contributed by atoms with Gasteiger partial charge in [0.05, 0.1) is 24.0 Å². The SMILES string of the molecule is CC(C)CCn1cc(Nc2ncc(Cl)c(N[C@H]3[C@@H](C(N)=O)[C@@H]4C=C[C@H]3C4)n2)cn1. The summed E-state index contributed by atoms with van der Waals surface area (Å²) in [4.78, 5) is 20.7. The minimum atomic E-state index is -0.295. The molecule has 1 fully saturated rings. The zero-order chi connectivity index (χ0) is 20.5. The average molecular weight is 416 g/mol. The molecule has 154 valence electrons. The van der Waals surface area contributed by atoms with E-state index in [1.165, 1.54) is 0 Å². The molecule has 29 heavy (non-hydrogen) atoms. The number of carbonyl (C=O) groups excluding carboxylic acids is 1. The van der Waals surface area contributed by atoms with Gasteiger partial charge in [-0.25, -0.2) is 4.98 Å². The van der Waals surface area contributed by atoms with Crippen LogP contribution in [0, 0.1) is 23.7 Å². The Labute approximate surface area is 174 Å². The molecule has 2 aromatic heterocycles. The number of allylic oxidation sites excluding steroid dienone is 1. The molecule has 8 nitrogen and oxygen atoms in total. The number of aromatic nitrogens is 4. The second-order valence-corrected chi connectivity index (χ2v) is 8.64. The van der Waals surface area contributed by atoms with E-state index in [4.69, 9.17) is 17.3 Å². The fourth-order valence-electron chi connectivity index (χ4n) is 4.16. The van der Waals surface area contributed by atoms with E-state index in [1.807, 2.05) is 10.9 Å². The topological polar surface area (TPSA) is 111 Å². The average Bonchev–Trinajstić information content (AvgIpc) is 3.39. The highest BCUT2D eigenvalue weighted by molar-refractivity contribution is 6.32. The quantitative estimate of drug-likeness (QED) is 0.571. The lowest BCUT2D eigenvalue weighted by atomic mass is 9.88. The van der Waals surface area contributed by atoms with Gasteiger partial charge in [0.15, 0.2) is 5.82 Å². The minimum absolute atomic E-state index is 0.110. The van der Waals surface area contributed by atoms with Crippen molar-refractivity contribution < 1.29 is 4.79 Å². The van der Waals surface area contributed by atoms with Crippen LogP contribution in [0.2, 0.25) is 5.02 Å². The number of anilines is 3. The highest BCUT2D eigenvalue weighted by Crippen LogP contribution is 2.45. The zero-order valence-corrected chi connectivity index (χ0v) is 17.3. The molecule has 2 aliphatic carbocycles. The predicted octanol–water partition coefficient (Wildman–Crippen LogP) is 3.20. The van der Waals surface area contributed by atoms with E-state index in [0.717, 1.165) is 25.1 Å². The summed E-state index contributed by atoms with van der Waals surface area (Å²) in [6.45, 7) is 5.24. The summed E-state index contributed by atoms with van der Waals surface area (Å²) >= 11 is 6.32. The number of halogens is 1. The normalized spacial score (nSPS) is 25.0. The largest absolute Gasteiger partial charge is 0.369 e. The predicted molar refractivity (Wildman–Crippen MR) is 113 cm³/mol. The van der Waals surface area contributed by atoms with Crippen LogP contribution in [0.1, 0.15) is 26.7 Å². The Balaban J connectivity index is 1.47. The second kappa shape index (κ2) is 8.02. The minimum Gasteiger partial charge on any atom is -0.369 e. The lowest BCUT2D eigenvalue weighted by Crippen LogP contribution is -2.41. The van der Waals surface area contributed by atoms with Crippen molar-refractivity contribution in [2.75, 3.05) is 10.6 Å². The van der Waals surface area contributed by atoms with Gasteiger partial charge in [0, 0.05) is 18.8 Å². The van der Waals surface area contributed by atoms with Crippen molar-refractivity contribution >= 4 is 35.0 Å². The van der Waals surface area contributed by atoms with E-state index in [0.29, 0.717) is 22.7 Å². The molecule has 4 rings (SSSR count). The van der Waals surface area contributed by atoms with Crippen molar-refractivity contribution in [3.8, 4) is 0 Å². The van der Waals surface area contributed by atoms with Crippen molar-refractivity contribution in [2.45, 2.75) is 39.3 Å². The molecule has 1 saturated carbocycles. The maximum absolute atomic E-state index is 11.9. The number of carbonyl (C=O) groups is 1. The zero-order valence-electron chi connectivity index (χ0n) is 16.5. The maximum Gasteiger partial charge on any atom is 0.229 e. The number of nitrogens with two attached hydrogens (primary N) is 1. The van der Waals surface area contributed by atoms with E-state index in [1.54, 1.807) is 12.4 Å². The number of nitrogens with one attached hydrogen (secondary N) is 2. The summed E-state index contributed by atoms with van der Waals surface area (Å²) in [6, 6.07) is -0.110. The molecule has 0 radical (unpaired) electrons. The van der Waals surface area contributed by atoms with E-state index >= 15 is 0 Å². The van der Waals surface area contributed by atoms with E-state index in [-0.39, 0.29) is 29.7 Å². The second-order valence-electron chi connectivity index (χ2n) is 8.24. The van der Waals surface area contributed by atoms with Crippen LogP contribution in [-0.2, 0) is 11.3 Å². The first-order valence-corrected chi connectivity index (χ1v) is 10.3. The molecular weight excluding hydrogens is 390 g/mol. The molecule has 0 aliphatic heterocycles. The van der Waals surface area contributed by atoms with Crippen molar-refractivity contribution in [3.63, 3.8) is 0 Å². The molecule has 2 bridgehead atoms. The summed E-state index contributed by atoms with van der Waals surface area (Å²) in [5.41, 5.74) is 6.45.